The summed E-state index contributed by atoms with van der Waals surface area (Å²) in [6.45, 7) is 0. The topological polar surface area (TPSA) is 86.5 Å². The third-order valence-corrected chi connectivity index (χ3v) is 2.59. The largest absolute Gasteiger partial charge is 0.359 e. The minimum Gasteiger partial charge on any atom is -0.359 e. The third kappa shape index (κ3) is 2.70. The van der Waals surface area contributed by atoms with Crippen LogP contribution in [0.5, 0.6) is 0 Å². The van der Waals surface area contributed by atoms with Crippen LogP contribution >= 0.6 is 11.3 Å². The Kier molecular flexibility index (Phi) is 3.51. The number of aromatic nitrogens is 4. The highest BCUT2D eigenvalue weighted by Gasteiger charge is 2.03. The molecule has 17 heavy (non-hydrogen) atoms. The van der Waals surface area contributed by atoms with E-state index in [0.717, 1.165) is 0 Å². The van der Waals surface area contributed by atoms with Crippen LogP contribution in [0.3, 0.4) is 0 Å². The van der Waals surface area contributed by atoms with E-state index in [0.29, 0.717) is 17.1 Å². The summed E-state index contributed by atoms with van der Waals surface area (Å²) in [5.41, 5.74) is 0.596. The molecule has 0 aliphatic heterocycles. The second kappa shape index (κ2) is 5.26. The SMILES string of the molecule is CNc1nc2nc[nH]c2c(=O)[nH]1.c1ccsc1. The first-order valence-corrected chi connectivity index (χ1v) is 5.84. The van der Waals surface area contributed by atoms with E-state index in [9.17, 15) is 4.79 Å². The maximum absolute atomic E-state index is 11.2. The number of hydrogen-bond donors (Lipinski definition) is 3. The summed E-state index contributed by atoms with van der Waals surface area (Å²) in [5, 5.41) is 6.81. The number of anilines is 1. The van der Waals surface area contributed by atoms with E-state index < -0.39 is 0 Å². The Morgan fingerprint density at radius 3 is 2.71 bits per heavy atom. The van der Waals surface area contributed by atoms with Gasteiger partial charge in [0.15, 0.2) is 11.2 Å². The zero-order chi connectivity index (χ0) is 12.1. The number of H-pyrrole nitrogens is 2. The normalized spacial score (nSPS) is 9.71. The molecule has 0 aromatic carbocycles. The van der Waals surface area contributed by atoms with Crippen LogP contribution in [0.1, 0.15) is 0 Å². The Morgan fingerprint density at radius 1 is 1.35 bits per heavy atom. The smallest absolute Gasteiger partial charge is 0.278 e. The van der Waals surface area contributed by atoms with Gasteiger partial charge in [-0.2, -0.15) is 16.3 Å². The van der Waals surface area contributed by atoms with Gasteiger partial charge in [0, 0.05) is 7.05 Å². The quantitative estimate of drug-likeness (QED) is 0.609. The standard InChI is InChI=1S/C6H7N5O.C4H4S/c1-7-6-10-4-3(5(12)11-6)8-2-9-4;1-2-4-5-3-1/h2H,1H3,(H3,7,8,9,10,11,12);1-4H. The number of rotatable bonds is 1. The molecule has 3 aromatic heterocycles. The molecule has 3 aromatic rings. The predicted molar refractivity (Wildman–Crippen MR) is 68.4 cm³/mol. The van der Waals surface area contributed by atoms with Crippen LogP contribution in [-0.2, 0) is 0 Å². The summed E-state index contributed by atoms with van der Waals surface area (Å²) in [7, 11) is 1.68. The molecular weight excluding hydrogens is 238 g/mol. The van der Waals surface area contributed by atoms with Crippen LogP contribution in [0.25, 0.3) is 11.2 Å². The molecule has 0 atom stereocenters. The van der Waals surface area contributed by atoms with E-state index in [1.54, 1.807) is 18.4 Å². The van der Waals surface area contributed by atoms with Gasteiger partial charge in [-0.15, -0.1) is 0 Å². The van der Waals surface area contributed by atoms with Gasteiger partial charge in [-0.25, -0.2) is 4.98 Å². The molecule has 3 N–H and O–H groups in total. The molecule has 3 heterocycles. The average molecular weight is 249 g/mol. The molecule has 6 nitrogen and oxygen atoms in total. The number of fused-ring (bicyclic) bond motifs is 1. The van der Waals surface area contributed by atoms with Gasteiger partial charge in [0.05, 0.1) is 6.33 Å². The molecule has 3 rings (SSSR count). The van der Waals surface area contributed by atoms with Crippen molar-refractivity contribution >= 4 is 28.4 Å². The predicted octanol–water partition coefficient (Wildman–Crippen LogP) is 1.44. The van der Waals surface area contributed by atoms with Gasteiger partial charge in [-0.05, 0) is 10.8 Å². The maximum atomic E-state index is 11.2. The lowest BCUT2D eigenvalue weighted by atomic mass is 10.5. The van der Waals surface area contributed by atoms with Crippen molar-refractivity contribution in [2.75, 3.05) is 12.4 Å². The van der Waals surface area contributed by atoms with Crippen molar-refractivity contribution in [2.45, 2.75) is 0 Å². The van der Waals surface area contributed by atoms with E-state index in [1.807, 2.05) is 22.9 Å². The lowest BCUT2D eigenvalue weighted by molar-refractivity contribution is 1.14. The average Bonchev–Trinajstić information content (AvgIpc) is 3.02. The number of nitrogens with one attached hydrogen (secondary N) is 3. The summed E-state index contributed by atoms with van der Waals surface area (Å²) in [4.78, 5) is 24.3. The maximum Gasteiger partial charge on any atom is 0.278 e. The van der Waals surface area contributed by atoms with Gasteiger partial charge >= 0.3 is 0 Å². The monoisotopic (exact) mass is 249 g/mol. The second-order valence-corrected chi connectivity index (χ2v) is 3.88. The number of nitrogens with zero attached hydrogens (tertiary/aromatic N) is 2. The summed E-state index contributed by atoms with van der Waals surface area (Å²) >= 11 is 1.71. The highest BCUT2D eigenvalue weighted by Crippen LogP contribution is 2.00. The molecule has 0 spiro atoms. The summed E-state index contributed by atoms with van der Waals surface area (Å²) < 4.78 is 0. The van der Waals surface area contributed by atoms with Gasteiger partial charge in [-0.1, -0.05) is 12.1 Å². The highest BCUT2D eigenvalue weighted by molar-refractivity contribution is 7.07. The molecule has 0 unspecified atom stereocenters. The fourth-order valence-electron chi connectivity index (χ4n) is 1.19. The first kappa shape index (κ1) is 11.3. The van der Waals surface area contributed by atoms with Crippen LogP contribution < -0.4 is 10.9 Å². The van der Waals surface area contributed by atoms with Gasteiger partial charge in [0.25, 0.3) is 5.56 Å². The lowest BCUT2D eigenvalue weighted by Gasteiger charge is -1.95. The Hall–Kier alpha value is -2.15. The van der Waals surface area contributed by atoms with Crippen LogP contribution in [0.15, 0.2) is 34.0 Å². The molecule has 7 heteroatoms. The van der Waals surface area contributed by atoms with Gasteiger partial charge in [-0.3, -0.25) is 9.78 Å². The number of hydrogen-bond acceptors (Lipinski definition) is 5. The van der Waals surface area contributed by atoms with E-state index in [-0.39, 0.29) is 5.56 Å². The van der Waals surface area contributed by atoms with E-state index >= 15 is 0 Å². The molecule has 0 aliphatic carbocycles. The Balaban J connectivity index is 0.000000181. The van der Waals surface area contributed by atoms with Crippen molar-refractivity contribution in [3.8, 4) is 0 Å². The third-order valence-electron chi connectivity index (χ3n) is 1.96. The molecule has 88 valence electrons. The number of imidazole rings is 1. The van der Waals surface area contributed by atoms with Crippen molar-refractivity contribution in [1.82, 2.24) is 19.9 Å². The van der Waals surface area contributed by atoms with Crippen molar-refractivity contribution in [1.29, 1.82) is 0 Å². The molecule has 0 fully saturated rings. The Bertz CT molecular complexity index is 610. The molecule has 0 bridgehead atoms. The van der Waals surface area contributed by atoms with Crippen molar-refractivity contribution in [3.63, 3.8) is 0 Å². The zero-order valence-corrected chi connectivity index (χ0v) is 9.91. The first-order valence-electron chi connectivity index (χ1n) is 4.89. The zero-order valence-electron chi connectivity index (χ0n) is 9.10. The minimum absolute atomic E-state index is 0.221. The lowest BCUT2D eigenvalue weighted by Crippen LogP contribution is -2.11. The summed E-state index contributed by atoms with van der Waals surface area (Å²) in [6, 6.07) is 4.04. The minimum atomic E-state index is -0.221. The van der Waals surface area contributed by atoms with Crippen LogP contribution in [0.2, 0.25) is 0 Å². The summed E-state index contributed by atoms with van der Waals surface area (Å²) in [6.07, 6.45) is 1.44. The number of thiophene rings is 1. The molecule has 0 saturated heterocycles. The molecule has 0 aliphatic rings. The van der Waals surface area contributed by atoms with E-state index in [4.69, 9.17) is 0 Å². The summed E-state index contributed by atoms with van der Waals surface area (Å²) in [5.74, 6) is 0.416. The van der Waals surface area contributed by atoms with Gasteiger partial charge < -0.3 is 10.3 Å². The fraction of sp³-hybridized carbons (Fsp3) is 0.100. The molecule has 0 saturated carbocycles. The second-order valence-electron chi connectivity index (χ2n) is 3.06. The molecular formula is C10H11N5OS. The van der Waals surface area contributed by atoms with Crippen molar-refractivity contribution < 1.29 is 0 Å². The van der Waals surface area contributed by atoms with Crippen LogP contribution in [0, 0.1) is 0 Å². The van der Waals surface area contributed by atoms with Crippen molar-refractivity contribution in [3.05, 3.63) is 39.6 Å². The van der Waals surface area contributed by atoms with Crippen LogP contribution in [0.4, 0.5) is 5.95 Å². The highest BCUT2D eigenvalue weighted by atomic mass is 32.1. The van der Waals surface area contributed by atoms with E-state index in [2.05, 4.69) is 25.3 Å². The van der Waals surface area contributed by atoms with Gasteiger partial charge in [0.1, 0.15) is 0 Å². The molecule has 0 radical (unpaired) electrons. The molecule has 0 amide bonds. The first-order chi connectivity index (χ1) is 8.31. The van der Waals surface area contributed by atoms with Gasteiger partial charge in [0.2, 0.25) is 5.95 Å². The number of aromatic amines is 2. The Labute approximate surface area is 101 Å². The van der Waals surface area contributed by atoms with Crippen molar-refractivity contribution in [2.24, 2.45) is 0 Å². The fourth-order valence-corrected chi connectivity index (χ4v) is 1.64. The van der Waals surface area contributed by atoms with E-state index in [1.165, 1.54) is 6.33 Å². The Morgan fingerprint density at radius 2 is 2.12 bits per heavy atom. The van der Waals surface area contributed by atoms with Crippen LogP contribution in [-0.4, -0.2) is 27.0 Å².